The molecule has 2 nitrogen and oxygen atoms in total. The van der Waals surface area contributed by atoms with Crippen LogP contribution in [0, 0.1) is 5.82 Å². The first-order chi connectivity index (χ1) is 7.63. The molecule has 4 heteroatoms. The summed E-state index contributed by atoms with van der Waals surface area (Å²) in [5.74, 6) is -0.304. The van der Waals surface area contributed by atoms with Gasteiger partial charge in [0.1, 0.15) is 5.82 Å². The van der Waals surface area contributed by atoms with Gasteiger partial charge in [-0.3, -0.25) is 0 Å². The molecule has 0 heterocycles. The van der Waals surface area contributed by atoms with E-state index < -0.39 is 0 Å². The second-order valence-electron chi connectivity index (χ2n) is 3.80. The molecule has 0 radical (unpaired) electrons. The van der Waals surface area contributed by atoms with Crippen LogP contribution in [-0.2, 0) is 11.3 Å². The molecule has 1 rings (SSSR count). The second-order valence-corrected chi connectivity index (χ2v) is 4.21. The average molecular weight is 246 g/mol. The summed E-state index contributed by atoms with van der Waals surface area (Å²) in [5.41, 5.74) is 0.910. The van der Waals surface area contributed by atoms with Crippen LogP contribution in [0.15, 0.2) is 18.2 Å². The minimum Gasteiger partial charge on any atom is -0.385 e. The van der Waals surface area contributed by atoms with Gasteiger partial charge in [0.2, 0.25) is 0 Å². The summed E-state index contributed by atoms with van der Waals surface area (Å²) in [7, 11) is 1.68. The van der Waals surface area contributed by atoms with E-state index in [0.717, 1.165) is 18.6 Å². The van der Waals surface area contributed by atoms with E-state index in [2.05, 4.69) is 12.2 Å². The molecule has 0 saturated heterocycles. The van der Waals surface area contributed by atoms with Crippen molar-refractivity contribution in [3.8, 4) is 0 Å². The smallest absolute Gasteiger partial charge is 0.124 e. The lowest BCUT2D eigenvalue weighted by Gasteiger charge is -2.13. The first kappa shape index (κ1) is 13.4. The van der Waals surface area contributed by atoms with Crippen molar-refractivity contribution >= 4 is 11.6 Å². The maximum absolute atomic E-state index is 12.8. The van der Waals surface area contributed by atoms with Gasteiger partial charge in [-0.25, -0.2) is 4.39 Å². The highest BCUT2D eigenvalue weighted by Crippen LogP contribution is 2.17. The van der Waals surface area contributed by atoms with Gasteiger partial charge in [0.05, 0.1) is 0 Å². The van der Waals surface area contributed by atoms with Gasteiger partial charge in [-0.15, -0.1) is 0 Å². The van der Waals surface area contributed by atoms with Crippen molar-refractivity contribution in [2.75, 3.05) is 13.7 Å². The van der Waals surface area contributed by atoms with Crippen molar-refractivity contribution in [1.82, 2.24) is 5.32 Å². The standard InChI is InChI=1S/C12H17ClFNO/c1-9(5-6-16-2)15-8-10-3-4-11(14)7-12(10)13/h3-4,7,9,15H,5-6,8H2,1-2H3. The van der Waals surface area contributed by atoms with E-state index in [0.29, 0.717) is 17.6 Å². The van der Waals surface area contributed by atoms with Crippen molar-refractivity contribution in [2.45, 2.75) is 25.9 Å². The van der Waals surface area contributed by atoms with Gasteiger partial charge in [-0.05, 0) is 31.0 Å². The molecule has 0 aromatic heterocycles. The molecule has 0 spiro atoms. The molecule has 1 aromatic rings. The van der Waals surface area contributed by atoms with E-state index >= 15 is 0 Å². The predicted molar refractivity (Wildman–Crippen MR) is 64.2 cm³/mol. The molecular weight excluding hydrogens is 229 g/mol. The maximum atomic E-state index is 12.8. The topological polar surface area (TPSA) is 21.3 Å². The van der Waals surface area contributed by atoms with Crippen LogP contribution in [0.3, 0.4) is 0 Å². The van der Waals surface area contributed by atoms with Crippen LogP contribution in [0.4, 0.5) is 4.39 Å². The van der Waals surface area contributed by atoms with Crippen molar-refractivity contribution in [2.24, 2.45) is 0 Å². The average Bonchev–Trinajstić information content (AvgIpc) is 2.25. The lowest BCUT2D eigenvalue weighted by atomic mass is 10.2. The van der Waals surface area contributed by atoms with Gasteiger partial charge in [0, 0.05) is 31.3 Å². The number of benzene rings is 1. The fourth-order valence-electron chi connectivity index (χ4n) is 1.35. The fraction of sp³-hybridized carbons (Fsp3) is 0.500. The number of hydrogen-bond donors (Lipinski definition) is 1. The Morgan fingerprint density at radius 3 is 2.88 bits per heavy atom. The van der Waals surface area contributed by atoms with Crippen LogP contribution < -0.4 is 5.32 Å². The lowest BCUT2D eigenvalue weighted by molar-refractivity contribution is 0.184. The van der Waals surface area contributed by atoms with Crippen LogP contribution in [0.2, 0.25) is 5.02 Å². The van der Waals surface area contributed by atoms with Crippen molar-refractivity contribution in [3.63, 3.8) is 0 Å². The minimum absolute atomic E-state index is 0.304. The molecule has 1 aromatic carbocycles. The van der Waals surface area contributed by atoms with Gasteiger partial charge in [0.15, 0.2) is 0 Å². The van der Waals surface area contributed by atoms with Crippen molar-refractivity contribution in [1.29, 1.82) is 0 Å². The number of nitrogens with one attached hydrogen (secondary N) is 1. The van der Waals surface area contributed by atoms with Crippen molar-refractivity contribution < 1.29 is 9.13 Å². The van der Waals surface area contributed by atoms with Gasteiger partial charge in [-0.1, -0.05) is 17.7 Å². The van der Waals surface area contributed by atoms with Gasteiger partial charge >= 0.3 is 0 Å². The maximum Gasteiger partial charge on any atom is 0.124 e. The molecule has 16 heavy (non-hydrogen) atoms. The molecule has 0 aliphatic rings. The highest BCUT2D eigenvalue weighted by Gasteiger charge is 2.04. The van der Waals surface area contributed by atoms with E-state index in [9.17, 15) is 4.39 Å². The third kappa shape index (κ3) is 4.47. The molecule has 0 saturated carbocycles. The summed E-state index contributed by atoms with van der Waals surface area (Å²) in [5, 5.41) is 3.77. The van der Waals surface area contributed by atoms with Gasteiger partial charge in [-0.2, -0.15) is 0 Å². The Hall–Kier alpha value is -0.640. The Balaban J connectivity index is 2.42. The fourth-order valence-corrected chi connectivity index (χ4v) is 1.58. The van der Waals surface area contributed by atoms with E-state index in [1.54, 1.807) is 13.2 Å². The number of methoxy groups -OCH3 is 1. The molecule has 0 bridgehead atoms. The number of ether oxygens (including phenoxy) is 1. The molecule has 0 fully saturated rings. The second kappa shape index (κ2) is 6.84. The summed E-state index contributed by atoms with van der Waals surface area (Å²) in [6.07, 6.45) is 0.940. The predicted octanol–water partition coefficient (Wildman–Crippen LogP) is 2.99. The molecule has 90 valence electrons. The minimum atomic E-state index is -0.304. The summed E-state index contributed by atoms with van der Waals surface area (Å²) in [6, 6.07) is 4.80. The zero-order valence-corrected chi connectivity index (χ0v) is 10.4. The van der Waals surface area contributed by atoms with E-state index in [4.69, 9.17) is 16.3 Å². The van der Waals surface area contributed by atoms with Gasteiger partial charge in [0.25, 0.3) is 0 Å². The monoisotopic (exact) mass is 245 g/mol. The lowest BCUT2D eigenvalue weighted by Crippen LogP contribution is -2.26. The molecule has 0 aliphatic carbocycles. The highest BCUT2D eigenvalue weighted by molar-refractivity contribution is 6.31. The normalized spacial score (nSPS) is 12.8. The Labute approximate surface area is 101 Å². The molecular formula is C12H17ClFNO. The molecule has 1 N–H and O–H groups in total. The number of halogens is 2. The van der Waals surface area contributed by atoms with E-state index in [1.165, 1.54) is 12.1 Å². The molecule has 0 amide bonds. The van der Waals surface area contributed by atoms with E-state index in [1.807, 2.05) is 0 Å². The Morgan fingerprint density at radius 2 is 2.25 bits per heavy atom. The summed E-state index contributed by atoms with van der Waals surface area (Å²) in [4.78, 5) is 0. The molecule has 1 unspecified atom stereocenters. The number of hydrogen-bond acceptors (Lipinski definition) is 2. The first-order valence-corrected chi connectivity index (χ1v) is 5.67. The van der Waals surface area contributed by atoms with Crippen molar-refractivity contribution in [3.05, 3.63) is 34.6 Å². The van der Waals surface area contributed by atoms with Crippen LogP contribution in [0.5, 0.6) is 0 Å². The molecule has 0 aliphatic heterocycles. The summed E-state index contributed by atoms with van der Waals surface area (Å²) < 4.78 is 17.8. The highest BCUT2D eigenvalue weighted by atomic mass is 35.5. The first-order valence-electron chi connectivity index (χ1n) is 5.29. The number of rotatable bonds is 6. The largest absolute Gasteiger partial charge is 0.385 e. The summed E-state index contributed by atoms with van der Waals surface area (Å²) in [6.45, 7) is 3.45. The van der Waals surface area contributed by atoms with Gasteiger partial charge < -0.3 is 10.1 Å². The Bertz CT molecular complexity index is 333. The third-order valence-corrected chi connectivity index (χ3v) is 2.76. The van der Waals surface area contributed by atoms with E-state index in [-0.39, 0.29) is 5.82 Å². The van der Waals surface area contributed by atoms with Crippen LogP contribution in [-0.4, -0.2) is 19.8 Å². The third-order valence-electron chi connectivity index (χ3n) is 2.41. The molecule has 1 atom stereocenters. The Kier molecular flexibility index (Phi) is 5.74. The van der Waals surface area contributed by atoms with Crippen LogP contribution in [0.1, 0.15) is 18.9 Å². The SMILES string of the molecule is COCCC(C)NCc1ccc(F)cc1Cl. The van der Waals surface area contributed by atoms with Crippen LogP contribution in [0.25, 0.3) is 0 Å². The Morgan fingerprint density at radius 1 is 1.50 bits per heavy atom. The quantitative estimate of drug-likeness (QED) is 0.832. The summed E-state index contributed by atoms with van der Waals surface area (Å²) >= 11 is 5.91. The zero-order chi connectivity index (χ0) is 12.0. The zero-order valence-electron chi connectivity index (χ0n) is 9.59. The van der Waals surface area contributed by atoms with Crippen LogP contribution >= 0.6 is 11.6 Å².